The molecule has 0 aliphatic rings. The highest BCUT2D eigenvalue weighted by Gasteiger charge is 2.28. The minimum Gasteiger partial charge on any atom is -0.482 e. The third kappa shape index (κ3) is 7.22. The van der Waals surface area contributed by atoms with Gasteiger partial charge >= 0.3 is 0 Å². The monoisotopic (exact) mass is 450 g/mol. The van der Waals surface area contributed by atoms with E-state index in [1.807, 2.05) is 44.2 Å². The number of hydrogen-bond donors (Lipinski definition) is 1. The topological polar surface area (TPSA) is 58.6 Å². The second-order valence-corrected chi connectivity index (χ2v) is 7.74. The van der Waals surface area contributed by atoms with Crippen molar-refractivity contribution in [2.24, 2.45) is 0 Å². The number of amides is 2. The van der Waals surface area contributed by atoms with Crippen LogP contribution in [-0.2, 0) is 16.0 Å². The van der Waals surface area contributed by atoms with E-state index in [0.717, 1.165) is 12.0 Å². The average molecular weight is 451 g/mol. The Kier molecular flexibility index (Phi) is 9.98. The van der Waals surface area contributed by atoms with E-state index in [4.69, 9.17) is 27.9 Å². The first-order valence-electron chi connectivity index (χ1n) is 10.1. The van der Waals surface area contributed by atoms with Gasteiger partial charge in [0.2, 0.25) is 5.91 Å². The van der Waals surface area contributed by atoms with E-state index in [2.05, 4.69) is 5.32 Å². The van der Waals surface area contributed by atoms with Crippen LogP contribution in [0.1, 0.15) is 32.3 Å². The van der Waals surface area contributed by atoms with Gasteiger partial charge in [0.1, 0.15) is 11.8 Å². The van der Waals surface area contributed by atoms with Crippen LogP contribution in [0.25, 0.3) is 0 Å². The summed E-state index contributed by atoms with van der Waals surface area (Å²) in [5.74, 6) is -0.0401. The van der Waals surface area contributed by atoms with E-state index in [0.29, 0.717) is 41.7 Å². The van der Waals surface area contributed by atoms with Gasteiger partial charge in [-0.3, -0.25) is 9.59 Å². The first-order valence-corrected chi connectivity index (χ1v) is 10.9. The Morgan fingerprint density at radius 3 is 2.47 bits per heavy atom. The van der Waals surface area contributed by atoms with Gasteiger partial charge in [-0.15, -0.1) is 0 Å². The quantitative estimate of drug-likeness (QED) is 0.537. The molecular formula is C23H28Cl2N2O3. The third-order valence-corrected chi connectivity index (χ3v) is 5.19. The van der Waals surface area contributed by atoms with Crippen LogP contribution in [0.3, 0.4) is 0 Å². The van der Waals surface area contributed by atoms with Gasteiger partial charge in [0.15, 0.2) is 6.61 Å². The number of carbonyl (C=O) groups is 2. The Balaban J connectivity index is 2.12. The van der Waals surface area contributed by atoms with Crippen molar-refractivity contribution < 1.29 is 14.3 Å². The molecule has 0 radical (unpaired) electrons. The summed E-state index contributed by atoms with van der Waals surface area (Å²) in [7, 11) is 0. The molecule has 1 N–H and O–H groups in total. The average Bonchev–Trinajstić information content (AvgIpc) is 2.74. The SMILES string of the molecule is CCCNC(=O)C(CC)N(CCc1ccccc1)C(=O)COc1ccc(Cl)cc1Cl. The second-order valence-electron chi connectivity index (χ2n) is 6.90. The number of halogens is 2. The molecule has 2 rings (SSSR count). The van der Waals surface area contributed by atoms with E-state index in [9.17, 15) is 9.59 Å². The molecule has 7 heteroatoms. The smallest absolute Gasteiger partial charge is 0.261 e. The molecule has 0 aromatic heterocycles. The number of rotatable bonds is 11. The van der Waals surface area contributed by atoms with Gasteiger partial charge in [-0.1, -0.05) is 67.4 Å². The van der Waals surface area contributed by atoms with Crippen LogP contribution >= 0.6 is 23.2 Å². The first kappa shape index (κ1) is 24.0. The Bertz CT molecular complexity index is 830. The highest BCUT2D eigenvalue weighted by molar-refractivity contribution is 6.35. The molecule has 1 unspecified atom stereocenters. The fraction of sp³-hybridized carbons (Fsp3) is 0.391. The maximum absolute atomic E-state index is 13.0. The molecule has 0 saturated heterocycles. The van der Waals surface area contributed by atoms with Crippen molar-refractivity contribution in [3.8, 4) is 5.75 Å². The summed E-state index contributed by atoms with van der Waals surface area (Å²) in [5.41, 5.74) is 1.10. The molecule has 5 nitrogen and oxygen atoms in total. The zero-order chi connectivity index (χ0) is 21.9. The van der Waals surface area contributed by atoms with Gasteiger partial charge in [0.05, 0.1) is 5.02 Å². The largest absolute Gasteiger partial charge is 0.482 e. The van der Waals surface area contributed by atoms with Crippen LogP contribution in [0.5, 0.6) is 5.75 Å². The predicted molar refractivity (Wildman–Crippen MR) is 121 cm³/mol. The fourth-order valence-corrected chi connectivity index (χ4v) is 3.54. The highest BCUT2D eigenvalue weighted by atomic mass is 35.5. The molecule has 162 valence electrons. The van der Waals surface area contributed by atoms with E-state index in [-0.39, 0.29) is 18.4 Å². The van der Waals surface area contributed by atoms with Gasteiger partial charge < -0.3 is 15.0 Å². The molecule has 2 aromatic carbocycles. The minimum atomic E-state index is -0.558. The van der Waals surface area contributed by atoms with E-state index >= 15 is 0 Å². The van der Waals surface area contributed by atoms with Crippen molar-refractivity contribution in [3.63, 3.8) is 0 Å². The Labute approximate surface area is 188 Å². The zero-order valence-electron chi connectivity index (χ0n) is 17.4. The molecule has 2 amide bonds. The minimum absolute atomic E-state index is 0.148. The van der Waals surface area contributed by atoms with E-state index in [1.54, 1.807) is 23.1 Å². The maximum Gasteiger partial charge on any atom is 0.261 e. The third-order valence-electron chi connectivity index (χ3n) is 4.66. The lowest BCUT2D eigenvalue weighted by molar-refractivity contribution is -0.142. The van der Waals surface area contributed by atoms with Crippen LogP contribution in [0, 0.1) is 0 Å². The molecule has 0 heterocycles. The van der Waals surface area contributed by atoms with Gasteiger partial charge in [-0.2, -0.15) is 0 Å². The van der Waals surface area contributed by atoms with Crippen LogP contribution < -0.4 is 10.1 Å². The van der Waals surface area contributed by atoms with Crippen molar-refractivity contribution in [2.75, 3.05) is 19.7 Å². The molecular weight excluding hydrogens is 423 g/mol. The summed E-state index contributed by atoms with van der Waals surface area (Å²) >= 11 is 12.0. The molecule has 0 fully saturated rings. The lowest BCUT2D eigenvalue weighted by Crippen LogP contribution is -2.51. The lowest BCUT2D eigenvalue weighted by atomic mass is 10.1. The normalized spacial score (nSPS) is 11.6. The number of carbonyl (C=O) groups excluding carboxylic acids is 2. The summed E-state index contributed by atoms with van der Waals surface area (Å²) in [6.45, 7) is 4.67. The van der Waals surface area contributed by atoms with Gasteiger partial charge in [-0.05, 0) is 43.0 Å². The lowest BCUT2D eigenvalue weighted by Gasteiger charge is -2.30. The molecule has 0 bridgehead atoms. The summed E-state index contributed by atoms with van der Waals surface area (Å²) in [5, 5.41) is 3.72. The molecule has 1 atom stereocenters. The molecule has 30 heavy (non-hydrogen) atoms. The molecule has 0 aliphatic heterocycles. The molecule has 0 saturated carbocycles. The number of hydrogen-bond acceptors (Lipinski definition) is 3. The number of ether oxygens (including phenoxy) is 1. The van der Waals surface area contributed by atoms with Crippen molar-refractivity contribution in [1.29, 1.82) is 0 Å². The highest BCUT2D eigenvalue weighted by Crippen LogP contribution is 2.27. The van der Waals surface area contributed by atoms with Crippen molar-refractivity contribution in [1.82, 2.24) is 10.2 Å². The van der Waals surface area contributed by atoms with Gasteiger partial charge in [0, 0.05) is 18.1 Å². The molecule has 0 spiro atoms. The van der Waals surface area contributed by atoms with Crippen LogP contribution in [0.4, 0.5) is 0 Å². The summed E-state index contributed by atoms with van der Waals surface area (Å²) in [6, 6.07) is 14.1. The fourth-order valence-electron chi connectivity index (χ4n) is 3.08. The number of nitrogens with zero attached hydrogens (tertiary/aromatic N) is 1. The standard InChI is InChI=1S/C23H28Cl2N2O3/c1-3-13-26-23(29)20(4-2)27(14-12-17-8-6-5-7-9-17)22(28)16-30-21-11-10-18(24)15-19(21)25/h5-11,15,20H,3-4,12-14,16H2,1-2H3,(H,26,29). The summed E-state index contributed by atoms with van der Waals surface area (Å²) < 4.78 is 5.63. The second kappa shape index (κ2) is 12.5. The summed E-state index contributed by atoms with van der Waals surface area (Å²) in [4.78, 5) is 27.3. The Morgan fingerprint density at radius 1 is 1.10 bits per heavy atom. The Hall–Kier alpha value is -2.24. The van der Waals surface area contributed by atoms with Gasteiger partial charge in [-0.25, -0.2) is 0 Å². The molecule has 0 aliphatic carbocycles. The number of nitrogens with one attached hydrogen (secondary N) is 1. The van der Waals surface area contributed by atoms with Crippen molar-refractivity contribution in [3.05, 3.63) is 64.1 Å². The number of benzene rings is 2. The molecule has 2 aromatic rings. The van der Waals surface area contributed by atoms with Gasteiger partial charge in [0.25, 0.3) is 5.91 Å². The van der Waals surface area contributed by atoms with Crippen molar-refractivity contribution >= 4 is 35.0 Å². The van der Waals surface area contributed by atoms with Crippen LogP contribution in [-0.4, -0.2) is 42.5 Å². The van der Waals surface area contributed by atoms with Crippen LogP contribution in [0.2, 0.25) is 10.0 Å². The zero-order valence-corrected chi connectivity index (χ0v) is 18.9. The van der Waals surface area contributed by atoms with E-state index in [1.165, 1.54) is 0 Å². The predicted octanol–water partition coefficient (Wildman–Crippen LogP) is 4.75. The van der Waals surface area contributed by atoms with E-state index < -0.39 is 6.04 Å². The Morgan fingerprint density at radius 2 is 1.83 bits per heavy atom. The van der Waals surface area contributed by atoms with Crippen molar-refractivity contribution in [2.45, 2.75) is 39.2 Å². The summed E-state index contributed by atoms with van der Waals surface area (Å²) in [6.07, 6.45) is 1.99. The first-order chi connectivity index (χ1) is 14.5. The maximum atomic E-state index is 13.0. The van der Waals surface area contributed by atoms with Crippen LogP contribution in [0.15, 0.2) is 48.5 Å².